The summed E-state index contributed by atoms with van der Waals surface area (Å²) in [4.78, 5) is 0. The summed E-state index contributed by atoms with van der Waals surface area (Å²) in [5, 5.41) is 13.2. The molecule has 1 aromatic carbocycles. The zero-order valence-electron chi connectivity index (χ0n) is 12.4. The van der Waals surface area contributed by atoms with Crippen LogP contribution in [-0.4, -0.2) is 37.0 Å². The fourth-order valence-electron chi connectivity index (χ4n) is 2.54. The van der Waals surface area contributed by atoms with E-state index in [1.54, 1.807) is 0 Å². The molecule has 1 atom stereocenters. The number of hydrogen-bond acceptors (Lipinski definition) is 4. The van der Waals surface area contributed by atoms with Crippen molar-refractivity contribution < 1.29 is 14.6 Å². The predicted octanol–water partition coefficient (Wildman–Crippen LogP) is 2.21. The molecule has 1 aliphatic rings. The van der Waals surface area contributed by atoms with Gasteiger partial charge in [-0.05, 0) is 56.5 Å². The standard InChI is InChI=1S/C16H25NO3/c1-3-17-16(11-18,13-5-6-13)12-20-15-9-7-14(8-10-15)19-4-2/h7-10,13,17-18H,3-6,11-12H2,1-2H3. The maximum Gasteiger partial charge on any atom is 0.119 e. The van der Waals surface area contributed by atoms with E-state index in [1.807, 2.05) is 31.2 Å². The van der Waals surface area contributed by atoms with Crippen LogP contribution in [0.25, 0.3) is 0 Å². The highest BCUT2D eigenvalue weighted by Gasteiger charge is 2.45. The topological polar surface area (TPSA) is 50.7 Å². The first-order chi connectivity index (χ1) is 9.74. The van der Waals surface area contributed by atoms with E-state index in [4.69, 9.17) is 9.47 Å². The number of ether oxygens (including phenoxy) is 2. The molecule has 0 spiro atoms. The molecule has 20 heavy (non-hydrogen) atoms. The number of benzene rings is 1. The van der Waals surface area contributed by atoms with Gasteiger partial charge in [-0.15, -0.1) is 0 Å². The SMILES string of the molecule is CCNC(CO)(COc1ccc(OCC)cc1)C1CC1. The van der Waals surface area contributed by atoms with Crippen molar-refractivity contribution >= 4 is 0 Å². The molecular formula is C16H25NO3. The summed E-state index contributed by atoms with van der Waals surface area (Å²) < 4.78 is 11.3. The lowest BCUT2D eigenvalue weighted by Crippen LogP contribution is -2.55. The van der Waals surface area contributed by atoms with Crippen molar-refractivity contribution in [2.75, 3.05) is 26.4 Å². The first-order valence-electron chi connectivity index (χ1n) is 7.45. The summed E-state index contributed by atoms with van der Waals surface area (Å²) in [6.07, 6.45) is 2.33. The van der Waals surface area contributed by atoms with Gasteiger partial charge < -0.3 is 19.9 Å². The Balaban J connectivity index is 1.94. The van der Waals surface area contributed by atoms with Gasteiger partial charge >= 0.3 is 0 Å². The van der Waals surface area contributed by atoms with E-state index >= 15 is 0 Å². The van der Waals surface area contributed by atoms with E-state index in [1.165, 1.54) is 12.8 Å². The van der Waals surface area contributed by atoms with Gasteiger partial charge in [0.1, 0.15) is 18.1 Å². The summed E-state index contributed by atoms with van der Waals surface area (Å²) in [5.41, 5.74) is -0.298. The molecule has 0 heterocycles. The van der Waals surface area contributed by atoms with Crippen LogP contribution in [0, 0.1) is 5.92 Å². The van der Waals surface area contributed by atoms with Gasteiger partial charge in [-0.2, -0.15) is 0 Å². The normalized spacial score (nSPS) is 17.6. The first-order valence-corrected chi connectivity index (χ1v) is 7.45. The molecule has 0 aliphatic heterocycles. The molecule has 0 saturated heterocycles. The molecule has 0 bridgehead atoms. The lowest BCUT2D eigenvalue weighted by Gasteiger charge is -2.32. The summed E-state index contributed by atoms with van der Waals surface area (Å²) >= 11 is 0. The number of likely N-dealkylation sites (N-methyl/N-ethyl adjacent to an activating group) is 1. The second-order valence-corrected chi connectivity index (χ2v) is 5.31. The highest BCUT2D eigenvalue weighted by Crippen LogP contribution is 2.39. The van der Waals surface area contributed by atoms with Crippen LogP contribution in [0.4, 0.5) is 0 Å². The number of rotatable bonds is 9. The smallest absolute Gasteiger partial charge is 0.119 e. The Morgan fingerprint density at radius 1 is 1.15 bits per heavy atom. The highest BCUT2D eigenvalue weighted by atomic mass is 16.5. The molecule has 1 aromatic rings. The van der Waals surface area contributed by atoms with Gasteiger partial charge in [0, 0.05) is 0 Å². The third kappa shape index (κ3) is 3.64. The lowest BCUT2D eigenvalue weighted by atomic mass is 9.95. The number of nitrogens with one attached hydrogen (secondary N) is 1. The summed E-state index contributed by atoms with van der Waals surface area (Å²) in [6, 6.07) is 7.63. The van der Waals surface area contributed by atoms with Crippen molar-refractivity contribution in [1.29, 1.82) is 0 Å². The minimum Gasteiger partial charge on any atom is -0.494 e. The van der Waals surface area contributed by atoms with Gasteiger partial charge in [-0.1, -0.05) is 6.92 Å². The quantitative estimate of drug-likeness (QED) is 0.728. The number of aliphatic hydroxyl groups excluding tert-OH is 1. The van der Waals surface area contributed by atoms with Crippen LogP contribution >= 0.6 is 0 Å². The first kappa shape index (κ1) is 15.1. The molecule has 1 unspecified atom stereocenters. The average Bonchev–Trinajstić information content (AvgIpc) is 3.30. The van der Waals surface area contributed by atoms with Gasteiger partial charge in [0.2, 0.25) is 0 Å². The largest absolute Gasteiger partial charge is 0.494 e. The molecule has 1 fully saturated rings. The van der Waals surface area contributed by atoms with Gasteiger partial charge in [0.15, 0.2) is 0 Å². The van der Waals surface area contributed by atoms with Gasteiger partial charge in [0.05, 0.1) is 18.8 Å². The van der Waals surface area contributed by atoms with Crippen LogP contribution in [0.1, 0.15) is 26.7 Å². The second-order valence-electron chi connectivity index (χ2n) is 5.31. The van der Waals surface area contributed by atoms with E-state index in [0.717, 1.165) is 18.0 Å². The zero-order chi connectivity index (χ0) is 14.4. The Morgan fingerprint density at radius 2 is 1.75 bits per heavy atom. The van der Waals surface area contributed by atoms with E-state index < -0.39 is 0 Å². The van der Waals surface area contributed by atoms with Gasteiger partial charge in [0.25, 0.3) is 0 Å². The Kier molecular flexibility index (Phi) is 5.26. The molecule has 4 heteroatoms. The van der Waals surface area contributed by atoms with Crippen molar-refractivity contribution in [3.05, 3.63) is 24.3 Å². The monoisotopic (exact) mass is 279 g/mol. The van der Waals surface area contributed by atoms with Crippen molar-refractivity contribution in [3.8, 4) is 11.5 Å². The number of aliphatic hydroxyl groups is 1. The van der Waals surface area contributed by atoms with E-state index in [-0.39, 0.29) is 12.1 Å². The zero-order valence-corrected chi connectivity index (χ0v) is 12.4. The van der Waals surface area contributed by atoms with Crippen molar-refractivity contribution in [2.45, 2.75) is 32.2 Å². The second kappa shape index (κ2) is 6.95. The minimum absolute atomic E-state index is 0.114. The van der Waals surface area contributed by atoms with Crippen LogP contribution in [0.2, 0.25) is 0 Å². The van der Waals surface area contributed by atoms with Crippen LogP contribution in [0.15, 0.2) is 24.3 Å². The molecule has 2 rings (SSSR count). The molecule has 1 saturated carbocycles. The van der Waals surface area contributed by atoms with Crippen molar-refractivity contribution in [1.82, 2.24) is 5.32 Å². The molecule has 112 valence electrons. The third-order valence-corrected chi connectivity index (χ3v) is 3.80. The van der Waals surface area contributed by atoms with Crippen LogP contribution in [-0.2, 0) is 0 Å². The molecular weight excluding hydrogens is 254 g/mol. The van der Waals surface area contributed by atoms with Crippen LogP contribution in [0.5, 0.6) is 11.5 Å². The maximum atomic E-state index is 9.75. The van der Waals surface area contributed by atoms with E-state index in [9.17, 15) is 5.11 Å². The molecule has 2 N–H and O–H groups in total. The number of hydrogen-bond donors (Lipinski definition) is 2. The summed E-state index contributed by atoms with van der Waals surface area (Å²) in [7, 11) is 0. The van der Waals surface area contributed by atoms with Crippen LogP contribution < -0.4 is 14.8 Å². The minimum atomic E-state index is -0.298. The summed E-state index contributed by atoms with van der Waals surface area (Å²) in [6.45, 7) is 6.13. The third-order valence-electron chi connectivity index (χ3n) is 3.80. The average molecular weight is 279 g/mol. The van der Waals surface area contributed by atoms with Crippen molar-refractivity contribution in [2.24, 2.45) is 5.92 Å². The molecule has 0 aromatic heterocycles. The fraction of sp³-hybridized carbons (Fsp3) is 0.625. The van der Waals surface area contributed by atoms with E-state index in [0.29, 0.717) is 19.1 Å². The molecule has 1 aliphatic carbocycles. The lowest BCUT2D eigenvalue weighted by molar-refractivity contribution is 0.0864. The highest BCUT2D eigenvalue weighted by molar-refractivity contribution is 5.31. The molecule has 0 amide bonds. The maximum absolute atomic E-state index is 9.75. The fourth-order valence-corrected chi connectivity index (χ4v) is 2.54. The Labute approximate surface area is 121 Å². The summed E-state index contributed by atoms with van der Waals surface area (Å²) in [5.74, 6) is 2.18. The van der Waals surface area contributed by atoms with Gasteiger partial charge in [-0.3, -0.25) is 0 Å². The Morgan fingerprint density at radius 3 is 2.20 bits per heavy atom. The van der Waals surface area contributed by atoms with Gasteiger partial charge in [-0.25, -0.2) is 0 Å². The van der Waals surface area contributed by atoms with Crippen molar-refractivity contribution in [3.63, 3.8) is 0 Å². The van der Waals surface area contributed by atoms with Crippen LogP contribution in [0.3, 0.4) is 0 Å². The van der Waals surface area contributed by atoms with E-state index in [2.05, 4.69) is 12.2 Å². The Hall–Kier alpha value is -1.26. The molecule has 4 nitrogen and oxygen atoms in total. The molecule has 0 radical (unpaired) electrons. The Bertz CT molecular complexity index is 403. The predicted molar refractivity (Wildman–Crippen MR) is 79.3 cm³/mol.